The Bertz CT molecular complexity index is 378. The lowest BCUT2D eigenvalue weighted by Crippen LogP contribution is -2.49. The molecule has 0 saturated heterocycles. The number of primary amides is 1. The summed E-state index contributed by atoms with van der Waals surface area (Å²) in [4.78, 5) is 33.6. The number of rotatable bonds is 7. The lowest BCUT2D eigenvalue weighted by atomic mass is 9.80. The largest absolute Gasteiger partial charge is 0.480 e. The standard InChI is InChI=1S/C13H23N3O4/c14-10(17)5-4-9(12(19)20)16-11(18)8-13(15)6-2-1-3-7-13/h9H,1-8,15H2,(H2,14,17)(H,16,18)(H,19,20)/t9-/m0/s1. The molecule has 1 atom stereocenters. The van der Waals surface area contributed by atoms with E-state index in [0.29, 0.717) is 0 Å². The summed E-state index contributed by atoms with van der Waals surface area (Å²) in [6.07, 6.45) is 4.70. The Hall–Kier alpha value is -1.63. The van der Waals surface area contributed by atoms with Gasteiger partial charge in [0.1, 0.15) is 6.04 Å². The molecule has 0 aromatic carbocycles. The quantitative estimate of drug-likeness (QED) is 0.516. The normalized spacial score (nSPS) is 19.1. The lowest BCUT2D eigenvalue weighted by Gasteiger charge is -2.33. The molecule has 0 aromatic heterocycles. The third-order valence-corrected chi connectivity index (χ3v) is 3.67. The molecule has 1 aliphatic carbocycles. The van der Waals surface area contributed by atoms with Gasteiger partial charge in [-0.25, -0.2) is 4.79 Å². The monoisotopic (exact) mass is 285 g/mol. The maximum atomic E-state index is 11.9. The van der Waals surface area contributed by atoms with Crippen molar-refractivity contribution >= 4 is 17.8 Å². The summed E-state index contributed by atoms with van der Waals surface area (Å²) >= 11 is 0. The van der Waals surface area contributed by atoms with Crippen LogP contribution in [0.1, 0.15) is 51.4 Å². The Morgan fingerprint density at radius 3 is 2.30 bits per heavy atom. The molecule has 0 radical (unpaired) electrons. The minimum Gasteiger partial charge on any atom is -0.480 e. The second-order valence-electron chi connectivity index (χ2n) is 5.56. The van der Waals surface area contributed by atoms with Gasteiger partial charge in [-0.15, -0.1) is 0 Å². The molecule has 0 aliphatic heterocycles. The molecule has 20 heavy (non-hydrogen) atoms. The average Bonchev–Trinajstić information content (AvgIpc) is 2.34. The second kappa shape index (κ2) is 7.23. The Morgan fingerprint density at radius 2 is 1.80 bits per heavy atom. The summed E-state index contributed by atoms with van der Waals surface area (Å²) in [5.41, 5.74) is 10.6. The molecular weight excluding hydrogens is 262 g/mol. The van der Waals surface area contributed by atoms with Crippen LogP contribution < -0.4 is 16.8 Å². The molecular formula is C13H23N3O4. The van der Waals surface area contributed by atoms with E-state index < -0.39 is 23.5 Å². The van der Waals surface area contributed by atoms with E-state index in [1.54, 1.807) is 0 Å². The van der Waals surface area contributed by atoms with Crippen LogP contribution in [0.5, 0.6) is 0 Å². The molecule has 7 heteroatoms. The summed E-state index contributed by atoms with van der Waals surface area (Å²) in [5, 5.41) is 11.4. The summed E-state index contributed by atoms with van der Waals surface area (Å²) in [7, 11) is 0. The number of carbonyl (C=O) groups is 3. The number of nitrogens with two attached hydrogens (primary N) is 2. The van der Waals surface area contributed by atoms with Gasteiger partial charge in [0.15, 0.2) is 0 Å². The van der Waals surface area contributed by atoms with Gasteiger partial charge in [0.25, 0.3) is 0 Å². The van der Waals surface area contributed by atoms with E-state index in [-0.39, 0.29) is 25.2 Å². The minimum absolute atomic E-state index is 0.00597. The molecule has 114 valence electrons. The molecule has 0 spiro atoms. The van der Waals surface area contributed by atoms with Crippen molar-refractivity contribution in [3.63, 3.8) is 0 Å². The van der Waals surface area contributed by atoms with Gasteiger partial charge in [-0.3, -0.25) is 9.59 Å². The highest BCUT2D eigenvalue weighted by molar-refractivity contribution is 5.84. The van der Waals surface area contributed by atoms with Crippen LogP contribution in [0.3, 0.4) is 0 Å². The van der Waals surface area contributed by atoms with Crippen LogP contribution >= 0.6 is 0 Å². The fraction of sp³-hybridized carbons (Fsp3) is 0.769. The van der Waals surface area contributed by atoms with Gasteiger partial charge in [0.2, 0.25) is 11.8 Å². The molecule has 1 saturated carbocycles. The third kappa shape index (κ3) is 5.56. The maximum absolute atomic E-state index is 11.9. The third-order valence-electron chi connectivity index (χ3n) is 3.67. The van der Waals surface area contributed by atoms with Gasteiger partial charge in [-0.1, -0.05) is 19.3 Å². The van der Waals surface area contributed by atoms with Crippen LogP contribution in [0.2, 0.25) is 0 Å². The highest BCUT2D eigenvalue weighted by Crippen LogP contribution is 2.28. The Kier molecular flexibility index (Phi) is 5.94. The number of hydrogen-bond acceptors (Lipinski definition) is 4. The van der Waals surface area contributed by atoms with E-state index in [9.17, 15) is 14.4 Å². The molecule has 2 amide bonds. The van der Waals surface area contributed by atoms with Gasteiger partial charge in [-0.2, -0.15) is 0 Å². The molecule has 1 aliphatic rings. The van der Waals surface area contributed by atoms with Crippen molar-refractivity contribution in [2.45, 2.75) is 62.9 Å². The van der Waals surface area contributed by atoms with Crippen molar-refractivity contribution < 1.29 is 19.5 Å². The van der Waals surface area contributed by atoms with E-state index in [1.165, 1.54) is 0 Å². The SMILES string of the molecule is NC(=O)CC[C@H](NC(=O)CC1(N)CCCCC1)C(=O)O. The number of carbonyl (C=O) groups excluding carboxylic acids is 2. The lowest BCUT2D eigenvalue weighted by molar-refractivity contribution is -0.142. The first-order valence-corrected chi connectivity index (χ1v) is 6.92. The first kappa shape index (κ1) is 16.4. The fourth-order valence-electron chi connectivity index (χ4n) is 2.54. The van der Waals surface area contributed by atoms with Gasteiger partial charge < -0.3 is 21.9 Å². The van der Waals surface area contributed by atoms with E-state index >= 15 is 0 Å². The summed E-state index contributed by atoms with van der Waals surface area (Å²) in [6, 6.07) is -1.10. The molecule has 0 heterocycles. The molecule has 0 unspecified atom stereocenters. The van der Waals surface area contributed by atoms with Crippen molar-refractivity contribution in [2.24, 2.45) is 11.5 Å². The second-order valence-corrected chi connectivity index (χ2v) is 5.56. The number of carboxylic acid groups (broad SMARTS) is 1. The first-order valence-electron chi connectivity index (χ1n) is 6.92. The predicted octanol–water partition coefficient (Wildman–Crippen LogP) is -0.127. The van der Waals surface area contributed by atoms with Crippen LogP contribution in [0.4, 0.5) is 0 Å². The van der Waals surface area contributed by atoms with Gasteiger partial charge >= 0.3 is 5.97 Å². The number of aliphatic carboxylic acids is 1. The van der Waals surface area contributed by atoms with E-state index in [0.717, 1.165) is 32.1 Å². The van der Waals surface area contributed by atoms with Gasteiger partial charge in [0.05, 0.1) is 0 Å². The van der Waals surface area contributed by atoms with Crippen molar-refractivity contribution in [3.05, 3.63) is 0 Å². The molecule has 0 aromatic rings. The summed E-state index contributed by atoms with van der Waals surface area (Å²) in [6.45, 7) is 0. The first-order chi connectivity index (χ1) is 9.32. The van der Waals surface area contributed by atoms with Crippen LogP contribution in [-0.4, -0.2) is 34.5 Å². The highest BCUT2D eigenvalue weighted by atomic mass is 16.4. The Balaban J connectivity index is 2.48. The topological polar surface area (TPSA) is 136 Å². The van der Waals surface area contributed by atoms with Crippen LogP contribution in [0.25, 0.3) is 0 Å². The van der Waals surface area contributed by atoms with E-state index in [4.69, 9.17) is 16.6 Å². The minimum atomic E-state index is -1.17. The molecule has 1 fully saturated rings. The zero-order chi connectivity index (χ0) is 15.2. The van der Waals surface area contributed by atoms with Crippen LogP contribution in [-0.2, 0) is 14.4 Å². The Morgan fingerprint density at radius 1 is 1.20 bits per heavy atom. The zero-order valence-electron chi connectivity index (χ0n) is 11.6. The Labute approximate surface area is 118 Å². The van der Waals surface area contributed by atoms with E-state index in [1.807, 2.05) is 0 Å². The highest BCUT2D eigenvalue weighted by Gasteiger charge is 2.31. The van der Waals surface area contributed by atoms with Crippen molar-refractivity contribution in [1.82, 2.24) is 5.32 Å². The number of nitrogens with one attached hydrogen (secondary N) is 1. The molecule has 1 rings (SSSR count). The van der Waals surface area contributed by atoms with Crippen LogP contribution in [0.15, 0.2) is 0 Å². The summed E-state index contributed by atoms with van der Waals surface area (Å²) in [5.74, 6) is -2.14. The predicted molar refractivity (Wildman–Crippen MR) is 72.6 cm³/mol. The fourth-order valence-corrected chi connectivity index (χ4v) is 2.54. The van der Waals surface area contributed by atoms with Crippen molar-refractivity contribution in [3.8, 4) is 0 Å². The smallest absolute Gasteiger partial charge is 0.326 e. The molecule has 0 bridgehead atoms. The molecule has 7 nitrogen and oxygen atoms in total. The number of amides is 2. The number of hydrogen-bond donors (Lipinski definition) is 4. The molecule has 6 N–H and O–H groups in total. The van der Waals surface area contributed by atoms with Gasteiger partial charge in [-0.05, 0) is 19.3 Å². The van der Waals surface area contributed by atoms with E-state index in [2.05, 4.69) is 5.32 Å². The van der Waals surface area contributed by atoms with Gasteiger partial charge in [0, 0.05) is 18.4 Å². The zero-order valence-corrected chi connectivity index (χ0v) is 11.6. The number of carboxylic acids is 1. The summed E-state index contributed by atoms with van der Waals surface area (Å²) < 4.78 is 0. The van der Waals surface area contributed by atoms with Crippen LogP contribution in [0, 0.1) is 0 Å². The van der Waals surface area contributed by atoms with Crippen molar-refractivity contribution in [1.29, 1.82) is 0 Å². The average molecular weight is 285 g/mol. The van der Waals surface area contributed by atoms with Crippen molar-refractivity contribution in [2.75, 3.05) is 0 Å². The maximum Gasteiger partial charge on any atom is 0.326 e.